The molecule has 3 saturated heterocycles. The summed E-state index contributed by atoms with van der Waals surface area (Å²) in [6.07, 6.45) is 11.6. The van der Waals surface area contributed by atoms with Crippen molar-refractivity contribution < 1.29 is 9.59 Å². The Morgan fingerprint density at radius 1 is 0.636 bits per heavy atom. The van der Waals surface area contributed by atoms with Gasteiger partial charge in [0.2, 0.25) is 11.8 Å². The van der Waals surface area contributed by atoms with Crippen LogP contribution in [-0.2, 0) is 9.59 Å². The summed E-state index contributed by atoms with van der Waals surface area (Å²) in [7, 11) is 0. The maximum Gasteiger partial charge on any atom is 0.246 e. The number of fused-ring (bicyclic) bond motifs is 6. The Bertz CT molecular complexity index is 473. The minimum Gasteiger partial charge on any atom is -0.326 e. The van der Waals surface area contributed by atoms with Gasteiger partial charge < -0.3 is 9.80 Å². The summed E-state index contributed by atoms with van der Waals surface area (Å²) in [4.78, 5) is 30.4. The SMILES string of the molecule is O=C1[C@@H]2C[C@@H]3CCCC[C@@H]3N2C(=O)[C@@H]2C[C@@H]3CCCC[C@@H]3N12. The van der Waals surface area contributed by atoms with E-state index >= 15 is 0 Å². The fourth-order valence-corrected chi connectivity index (χ4v) is 6.34. The Morgan fingerprint density at radius 3 is 1.50 bits per heavy atom. The van der Waals surface area contributed by atoms with E-state index in [4.69, 9.17) is 0 Å². The molecule has 0 bridgehead atoms. The minimum absolute atomic E-state index is 0.113. The second-order valence-corrected chi connectivity index (χ2v) is 8.22. The van der Waals surface area contributed by atoms with Crippen LogP contribution in [0.3, 0.4) is 0 Å². The Balaban J connectivity index is 1.49. The zero-order valence-electron chi connectivity index (χ0n) is 13.2. The molecule has 0 N–H and O–H groups in total. The molecule has 5 rings (SSSR count). The third-order valence-corrected chi connectivity index (χ3v) is 7.26. The Labute approximate surface area is 132 Å². The highest BCUT2D eigenvalue weighted by Crippen LogP contribution is 2.48. The predicted octanol–water partition coefficient (Wildman–Crippen LogP) is 2.32. The summed E-state index contributed by atoms with van der Waals surface area (Å²) in [5.74, 6) is 1.78. The fourth-order valence-electron chi connectivity index (χ4n) is 6.34. The van der Waals surface area contributed by atoms with Gasteiger partial charge in [0, 0.05) is 12.1 Å². The van der Waals surface area contributed by atoms with Crippen molar-refractivity contribution in [1.82, 2.24) is 9.80 Å². The lowest BCUT2D eigenvalue weighted by Crippen LogP contribution is -2.64. The van der Waals surface area contributed by atoms with E-state index in [1.807, 2.05) is 0 Å². The molecule has 4 nitrogen and oxygen atoms in total. The largest absolute Gasteiger partial charge is 0.326 e. The highest BCUT2D eigenvalue weighted by atomic mass is 16.2. The first-order chi connectivity index (χ1) is 10.8. The van der Waals surface area contributed by atoms with Gasteiger partial charge in [-0.2, -0.15) is 0 Å². The summed E-state index contributed by atoms with van der Waals surface area (Å²) in [5.41, 5.74) is 0. The van der Waals surface area contributed by atoms with Crippen molar-refractivity contribution in [3.63, 3.8) is 0 Å². The van der Waals surface area contributed by atoms with Gasteiger partial charge in [-0.1, -0.05) is 25.7 Å². The smallest absolute Gasteiger partial charge is 0.246 e. The van der Waals surface area contributed by atoms with E-state index in [0.717, 1.165) is 25.7 Å². The van der Waals surface area contributed by atoms with Crippen molar-refractivity contribution in [3.8, 4) is 0 Å². The average Bonchev–Trinajstić information content (AvgIpc) is 3.12. The lowest BCUT2D eigenvalue weighted by atomic mass is 9.84. The topological polar surface area (TPSA) is 40.6 Å². The molecule has 0 aromatic carbocycles. The lowest BCUT2D eigenvalue weighted by molar-refractivity contribution is -0.161. The summed E-state index contributed by atoms with van der Waals surface area (Å²) in [6, 6.07) is 0.523. The maximum atomic E-state index is 13.2. The molecule has 6 atom stereocenters. The number of hydrogen-bond acceptors (Lipinski definition) is 2. The molecule has 4 heteroatoms. The van der Waals surface area contributed by atoms with Gasteiger partial charge in [0.1, 0.15) is 12.1 Å². The van der Waals surface area contributed by atoms with Crippen molar-refractivity contribution in [3.05, 3.63) is 0 Å². The molecule has 0 radical (unpaired) electrons. The summed E-state index contributed by atoms with van der Waals surface area (Å²) < 4.78 is 0. The van der Waals surface area contributed by atoms with Gasteiger partial charge in [-0.3, -0.25) is 9.59 Å². The standard InChI is InChI=1S/C18H26N2O2/c21-17-15-9-11-5-1-3-7-13(11)19(15)18(22)16-10-12-6-2-4-8-14(12)20(16)17/h11-16H,1-10H2/t11-,12-,13-,14-,15-,16-/m0/s1. The molecule has 22 heavy (non-hydrogen) atoms. The second-order valence-electron chi connectivity index (χ2n) is 8.22. The Hall–Kier alpha value is -1.06. The van der Waals surface area contributed by atoms with Crippen LogP contribution < -0.4 is 0 Å². The summed E-state index contributed by atoms with van der Waals surface area (Å²) in [6.45, 7) is 0. The van der Waals surface area contributed by atoms with Crippen LogP contribution in [0.2, 0.25) is 0 Å². The van der Waals surface area contributed by atoms with Gasteiger partial charge in [-0.25, -0.2) is 0 Å². The molecule has 5 fully saturated rings. The maximum absolute atomic E-state index is 13.2. The van der Waals surface area contributed by atoms with Gasteiger partial charge in [0.15, 0.2) is 0 Å². The number of rotatable bonds is 0. The molecular weight excluding hydrogens is 276 g/mol. The second kappa shape index (κ2) is 4.72. The van der Waals surface area contributed by atoms with Crippen molar-refractivity contribution in [2.75, 3.05) is 0 Å². The van der Waals surface area contributed by atoms with Crippen LogP contribution >= 0.6 is 0 Å². The highest BCUT2D eigenvalue weighted by Gasteiger charge is 2.59. The van der Waals surface area contributed by atoms with E-state index in [0.29, 0.717) is 35.7 Å². The number of piperazine rings is 1. The Kier molecular flexibility index (Phi) is 2.87. The number of hydrogen-bond donors (Lipinski definition) is 0. The molecule has 0 aromatic heterocycles. The van der Waals surface area contributed by atoms with E-state index in [1.165, 1.54) is 38.5 Å². The normalized spacial score (nSPS) is 47.1. The number of carbonyl (C=O) groups excluding carboxylic acids is 2. The lowest BCUT2D eigenvalue weighted by Gasteiger charge is -2.44. The number of nitrogens with zero attached hydrogens (tertiary/aromatic N) is 2. The third-order valence-electron chi connectivity index (χ3n) is 7.26. The number of carbonyl (C=O) groups is 2. The average molecular weight is 302 g/mol. The van der Waals surface area contributed by atoms with Gasteiger partial charge in [-0.15, -0.1) is 0 Å². The fraction of sp³-hybridized carbons (Fsp3) is 0.889. The van der Waals surface area contributed by atoms with Gasteiger partial charge in [0.25, 0.3) is 0 Å². The van der Waals surface area contributed by atoms with E-state index in [9.17, 15) is 9.59 Å². The predicted molar refractivity (Wildman–Crippen MR) is 82.0 cm³/mol. The van der Waals surface area contributed by atoms with Crippen molar-refractivity contribution in [1.29, 1.82) is 0 Å². The molecule has 3 aliphatic heterocycles. The van der Waals surface area contributed by atoms with Crippen LogP contribution in [0, 0.1) is 11.8 Å². The van der Waals surface area contributed by atoms with Gasteiger partial charge in [0.05, 0.1) is 0 Å². The molecule has 3 heterocycles. The molecule has 2 saturated carbocycles. The minimum atomic E-state index is -0.113. The first-order valence-corrected chi connectivity index (χ1v) is 9.40. The molecule has 120 valence electrons. The molecular formula is C18H26N2O2. The molecule has 0 aromatic rings. The van der Waals surface area contributed by atoms with Gasteiger partial charge in [-0.05, 0) is 50.4 Å². The van der Waals surface area contributed by atoms with Crippen LogP contribution in [0.1, 0.15) is 64.2 Å². The zero-order chi connectivity index (χ0) is 14.8. The van der Waals surface area contributed by atoms with Crippen molar-refractivity contribution in [2.24, 2.45) is 11.8 Å². The van der Waals surface area contributed by atoms with Crippen molar-refractivity contribution >= 4 is 11.8 Å². The van der Waals surface area contributed by atoms with Crippen LogP contribution in [0.25, 0.3) is 0 Å². The van der Waals surface area contributed by atoms with E-state index < -0.39 is 0 Å². The van der Waals surface area contributed by atoms with Crippen LogP contribution in [-0.4, -0.2) is 45.8 Å². The number of amides is 2. The van der Waals surface area contributed by atoms with E-state index in [1.54, 1.807) is 0 Å². The van der Waals surface area contributed by atoms with Crippen LogP contribution in [0.4, 0.5) is 0 Å². The quantitative estimate of drug-likeness (QED) is 0.689. The van der Waals surface area contributed by atoms with Crippen LogP contribution in [0.5, 0.6) is 0 Å². The monoisotopic (exact) mass is 302 g/mol. The third kappa shape index (κ3) is 1.64. The highest BCUT2D eigenvalue weighted by molar-refractivity contribution is 5.98. The molecule has 2 amide bonds. The molecule has 0 unspecified atom stereocenters. The molecule has 2 aliphatic carbocycles. The summed E-state index contributed by atoms with van der Waals surface area (Å²) in [5, 5.41) is 0. The van der Waals surface area contributed by atoms with E-state index in [2.05, 4.69) is 9.80 Å². The van der Waals surface area contributed by atoms with Crippen LogP contribution in [0.15, 0.2) is 0 Å². The first kappa shape index (κ1) is 13.4. The Morgan fingerprint density at radius 2 is 1.05 bits per heavy atom. The molecule has 0 spiro atoms. The van der Waals surface area contributed by atoms with Gasteiger partial charge >= 0.3 is 0 Å². The molecule has 5 aliphatic rings. The summed E-state index contributed by atoms with van der Waals surface area (Å²) >= 11 is 0. The zero-order valence-corrected chi connectivity index (χ0v) is 13.2. The first-order valence-electron chi connectivity index (χ1n) is 9.40. The van der Waals surface area contributed by atoms with Crippen molar-refractivity contribution in [2.45, 2.75) is 88.4 Å². The van der Waals surface area contributed by atoms with E-state index in [-0.39, 0.29) is 12.1 Å².